The van der Waals surface area contributed by atoms with Crippen molar-refractivity contribution in [3.8, 4) is 5.75 Å². The Bertz CT molecular complexity index is 707. The van der Waals surface area contributed by atoms with Crippen molar-refractivity contribution >= 4 is 11.3 Å². The molecule has 0 spiro atoms. The van der Waals surface area contributed by atoms with Crippen molar-refractivity contribution in [1.82, 2.24) is 4.90 Å². The second-order valence-electron chi connectivity index (χ2n) is 8.04. The van der Waals surface area contributed by atoms with Crippen molar-refractivity contribution in [2.75, 3.05) is 26.3 Å². The summed E-state index contributed by atoms with van der Waals surface area (Å²) in [5, 5.41) is 12.7. The van der Waals surface area contributed by atoms with Crippen molar-refractivity contribution in [1.29, 1.82) is 0 Å². The van der Waals surface area contributed by atoms with Crippen LogP contribution in [0.5, 0.6) is 5.75 Å². The van der Waals surface area contributed by atoms with E-state index in [1.807, 2.05) is 12.1 Å². The van der Waals surface area contributed by atoms with Gasteiger partial charge in [-0.2, -0.15) is 0 Å². The van der Waals surface area contributed by atoms with Crippen molar-refractivity contribution in [3.05, 3.63) is 51.7 Å². The molecule has 1 fully saturated rings. The summed E-state index contributed by atoms with van der Waals surface area (Å²) in [6.45, 7) is 9.95. The average molecular weight is 404 g/mol. The minimum atomic E-state index is -0.536. The van der Waals surface area contributed by atoms with Gasteiger partial charge in [0.1, 0.15) is 18.5 Å². The third kappa shape index (κ3) is 6.31. The summed E-state index contributed by atoms with van der Waals surface area (Å²) in [6, 6.07) is 10.3. The predicted octanol–water partition coefficient (Wildman–Crippen LogP) is 4.60. The maximum absolute atomic E-state index is 10.6. The molecule has 2 unspecified atom stereocenters. The third-order valence-electron chi connectivity index (χ3n) is 5.28. The summed E-state index contributed by atoms with van der Waals surface area (Å²) in [6.07, 6.45) is 1.98. The number of ether oxygens (including phenoxy) is 2. The van der Waals surface area contributed by atoms with Crippen molar-refractivity contribution < 1.29 is 14.6 Å². The molecule has 28 heavy (non-hydrogen) atoms. The Morgan fingerprint density at radius 1 is 1.25 bits per heavy atom. The molecule has 1 aliphatic heterocycles. The number of thiophene rings is 1. The van der Waals surface area contributed by atoms with Gasteiger partial charge in [0, 0.05) is 31.1 Å². The smallest absolute Gasteiger partial charge is 0.119 e. The molecule has 2 atom stereocenters. The van der Waals surface area contributed by atoms with Crippen LogP contribution in [0.1, 0.15) is 48.6 Å². The fraction of sp³-hybridized carbons (Fsp3) is 0.565. The number of aliphatic hydroxyl groups is 1. The maximum atomic E-state index is 10.6. The zero-order valence-corrected chi connectivity index (χ0v) is 18.1. The molecule has 1 aliphatic rings. The van der Waals surface area contributed by atoms with Crippen LogP contribution in [0.3, 0.4) is 0 Å². The first-order valence-corrected chi connectivity index (χ1v) is 11.2. The Morgan fingerprint density at radius 3 is 2.64 bits per heavy atom. The molecule has 2 aromatic rings. The highest BCUT2D eigenvalue weighted by atomic mass is 32.1. The van der Waals surface area contributed by atoms with Gasteiger partial charge in [0.05, 0.1) is 6.10 Å². The van der Waals surface area contributed by atoms with Crippen LogP contribution in [0.25, 0.3) is 0 Å². The predicted molar refractivity (Wildman–Crippen MR) is 115 cm³/mol. The van der Waals surface area contributed by atoms with E-state index in [2.05, 4.69) is 49.3 Å². The van der Waals surface area contributed by atoms with E-state index in [0.29, 0.717) is 19.1 Å². The number of hydrogen-bond donors (Lipinski definition) is 1. The Kier molecular flexibility index (Phi) is 7.91. The molecule has 1 aromatic carbocycles. The van der Waals surface area contributed by atoms with Crippen LogP contribution >= 0.6 is 11.3 Å². The molecule has 1 saturated heterocycles. The van der Waals surface area contributed by atoms with Gasteiger partial charge in [-0.25, -0.2) is 0 Å². The summed E-state index contributed by atoms with van der Waals surface area (Å²) in [4.78, 5) is 3.67. The molecule has 0 amide bonds. The second kappa shape index (κ2) is 10.4. The molecule has 5 heteroatoms. The molecule has 0 bridgehead atoms. The van der Waals surface area contributed by atoms with Gasteiger partial charge in [0.2, 0.25) is 0 Å². The van der Waals surface area contributed by atoms with Crippen molar-refractivity contribution in [3.63, 3.8) is 0 Å². The first-order valence-electron chi connectivity index (χ1n) is 10.3. The van der Waals surface area contributed by atoms with E-state index < -0.39 is 6.10 Å². The Morgan fingerprint density at radius 2 is 2.04 bits per heavy atom. The first kappa shape index (κ1) is 21.3. The lowest BCUT2D eigenvalue weighted by Gasteiger charge is -2.27. The number of aliphatic hydroxyl groups excluding tert-OH is 1. The monoisotopic (exact) mass is 403 g/mol. The van der Waals surface area contributed by atoms with Gasteiger partial charge in [-0.1, -0.05) is 26.0 Å². The molecule has 0 radical (unpaired) electrons. The molecule has 0 saturated carbocycles. The highest BCUT2D eigenvalue weighted by Gasteiger charge is 2.22. The zero-order valence-electron chi connectivity index (χ0n) is 17.3. The highest BCUT2D eigenvalue weighted by molar-refractivity contribution is 7.10. The summed E-state index contributed by atoms with van der Waals surface area (Å²) in [5.41, 5.74) is 2.61. The molecule has 3 rings (SSSR count). The molecular formula is C23H33NO3S. The number of hydrogen-bond acceptors (Lipinski definition) is 5. The summed E-state index contributed by atoms with van der Waals surface area (Å²) in [5.74, 6) is 1.31. The van der Waals surface area contributed by atoms with E-state index in [0.717, 1.165) is 38.3 Å². The topological polar surface area (TPSA) is 41.9 Å². The van der Waals surface area contributed by atoms with E-state index >= 15 is 0 Å². The van der Waals surface area contributed by atoms with Crippen LogP contribution in [-0.4, -0.2) is 48.5 Å². The van der Waals surface area contributed by atoms with Gasteiger partial charge in [0.15, 0.2) is 0 Å². The number of rotatable bonds is 10. The summed E-state index contributed by atoms with van der Waals surface area (Å²) in [7, 11) is 0. The Hall–Kier alpha value is -1.40. The summed E-state index contributed by atoms with van der Waals surface area (Å²) < 4.78 is 11.7. The quantitative estimate of drug-likeness (QED) is 0.629. The lowest BCUT2D eigenvalue weighted by molar-refractivity contribution is 0.0316. The van der Waals surface area contributed by atoms with E-state index in [4.69, 9.17) is 9.47 Å². The van der Waals surface area contributed by atoms with E-state index in [1.165, 1.54) is 16.0 Å². The number of aryl methyl sites for hydroxylation is 1. The second-order valence-corrected chi connectivity index (χ2v) is 9.05. The van der Waals surface area contributed by atoms with Crippen LogP contribution in [0.2, 0.25) is 0 Å². The van der Waals surface area contributed by atoms with Crippen LogP contribution < -0.4 is 4.74 Å². The van der Waals surface area contributed by atoms with Gasteiger partial charge < -0.3 is 14.6 Å². The number of nitrogens with zero attached hydrogens (tertiary/aromatic N) is 1. The van der Waals surface area contributed by atoms with Gasteiger partial charge in [-0.3, -0.25) is 4.90 Å². The van der Waals surface area contributed by atoms with Gasteiger partial charge >= 0.3 is 0 Å². The van der Waals surface area contributed by atoms with Crippen LogP contribution in [0, 0.1) is 6.92 Å². The molecule has 1 N–H and O–H groups in total. The minimum Gasteiger partial charge on any atom is -0.491 e. The van der Waals surface area contributed by atoms with E-state index in [1.54, 1.807) is 11.3 Å². The van der Waals surface area contributed by atoms with Gasteiger partial charge in [-0.15, -0.1) is 11.3 Å². The molecule has 2 heterocycles. The first-order chi connectivity index (χ1) is 13.5. The Balaban J connectivity index is 1.53. The van der Waals surface area contributed by atoms with Gasteiger partial charge in [-0.05, 0) is 60.4 Å². The third-order valence-corrected chi connectivity index (χ3v) is 6.29. The lowest BCUT2D eigenvalue weighted by Crippen LogP contribution is -2.39. The van der Waals surface area contributed by atoms with Crippen molar-refractivity contribution in [2.24, 2.45) is 0 Å². The minimum absolute atomic E-state index is 0.275. The number of benzene rings is 1. The lowest BCUT2D eigenvalue weighted by atomic mass is 10.0. The summed E-state index contributed by atoms with van der Waals surface area (Å²) >= 11 is 1.78. The molecule has 154 valence electrons. The van der Waals surface area contributed by atoms with E-state index in [9.17, 15) is 5.11 Å². The SMILES string of the molecule is Cc1ccsc1CN(CC(O)COc1ccc(C(C)C)cc1)CC1CCCO1. The van der Waals surface area contributed by atoms with Crippen molar-refractivity contribution in [2.45, 2.75) is 58.3 Å². The zero-order chi connectivity index (χ0) is 19.9. The fourth-order valence-electron chi connectivity index (χ4n) is 3.54. The van der Waals surface area contributed by atoms with Crippen LogP contribution in [0.15, 0.2) is 35.7 Å². The Labute approximate surface area is 173 Å². The molecule has 1 aromatic heterocycles. The molecule has 4 nitrogen and oxygen atoms in total. The maximum Gasteiger partial charge on any atom is 0.119 e. The van der Waals surface area contributed by atoms with Crippen LogP contribution in [0.4, 0.5) is 0 Å². The molecule has 0 aliphatic carbocycles. The fourth-order valence-corrected chi connectivity index (χ4v) is 4.49. The highest BCUT2D eigenvalue weighted by Crippen LogP contribution is 2.21. The average Bonchev–Trinajstić information content (AvgIpc) is 3.32. The molecular weight excluding hydrogens is 370 g/mol. The van der Waals surface area contributed by atoms with Crippen LogP contribution in [-0.2, 0) is 11.3 Å². The largest absolute Gasteiger partial charge is 0.491 e. The normalized spacial score (nSPS) is 18.1. The standard InChI is InChI=1S/C23H33NO3S/c1-17(2)19-6-8-21(9-7-19)27-16-20(25)13-24(14-22-5-4-11-26-22)15-23-18(3)10-12-28-23/h6-10,12,17,20,22,25H,4-5,11,13-16H2,1-3H3. The van der Waals surface area contributed by atoms with Gasteiger partial charge in [0.25, 0.3) is 0 Å². The van der Waals surface area contributed by atoms with E-state index in [-0.39, 0.29) is 6.10 Å².